The lowest BCUT2D eigenvalue weighted by Gasteiger charge is -2.29. The van der Waals surface area contributed by atoms with Crippen LogP contribution in [0.15, 0.2) is 24.5 Å². The monoisotopic (exact) mass is 343 g/mol. The molecule has 25 heavy (non-hydrogen) atoms. The number of carbonyl (C=O) groups excluding carboxylic acids is 1. The molecule has 3 rings (SSSR count). The van der Waals surface area contributed by atoms with Crippen molar-refractivity contribution in [2.75, 3.05) is 25.0 Å². The van der Waals surface area contributed by atoms with Crippen molar-refractivity contribution in [2.45, 2.75) is 26.0 Å². The molecule has 8 nitrogen and oxygen atoms in total. The van der Waals surface area contributed by atoms with Crippen molar-refractivity contribution < 1.29 is 15.0 Å². The Balaban J connectivity index is 1.98. The summed E-state index contributed by atoms with van der Waals surface area (Å²) >= 11 is 0. The van der Waals surface area contributed by atoms with Gasteiger partial charge >= 0.3 is 0 Å². The van der Waals surface area contributed by atoms with E-state index in [4.69, 9.17) is 5.11 Å². The van der Waals surface area contributed by atoms with Crippen LogP contribution < -0.4 is 5.32 Å². The van der Waals surface area contributed by atoms with Crippen LogP contribution in [0.5, 0.6) is 0 Å². The highest BCUT2D eigenvalue weighted by atomic mass is 16.3. The first-order valence-corrected chi connectivity index (χ1v) is 8.17. The summed E-state index contributed by atoms with van der Waals surface area (Å²) in [7, 11) is 0. The van der Waals surface area contributed by atoms with Crippen LogP contribution in [0.4, 0.5) is 5.82 Å². The van der Waals surface area contributed by atoms with E-state index >= 15 is 0 Å². The number of aliphatic hydroxyl groups excluding tert-OH is 2. The number of aliphatic hydroxyl groups is 2. The number of aromatic nitrogens is 3. The molecule has 2 aromatic rings. The number of carbonyl (C=O) groups is 1. The van der Waals surface area contributed by atoms with Crippen molar-refractivity contribution in [3.8, 4) is 11.4 Å². The molecule has 0 fully saturated rings. The Kier molecular flexibility index (Phi) is 5.20. The fourth-order valence-electron chi connectivity index (χ4n) is 2.75. The number of hydrogen-bond acceptors (Lipinski definition) is 7. The summed E-state index contributed by atoms with van der Waals surface area (Å²) in [6.07, 6.45) is 3.13. The predicted octanol–water partition coefficient (Wildman–Crippen LogP) is 0.208. The molecule has 0 radical (unpaired) electrons. The minimum absolute atomic E-state index is 0.0115. The molecule has 0 spiro atoms. The lowest BCUT2D eigenvalue weighted by Crippen LogP contribution is -2.36. The third-order valence-electron chi connectivity index (χ3n) is 4.15. The van der Waals surface area contributed by atoms with Crippen molar-refractivity contribution in [2.24, 2.45) is 0 Å². The Labute approximate surface area is 145 Å². The van der Waals surface area contributed by atoms with Crippen LogP contribution in [-0.2, 0) is 17.8 Å². The maximum atomic E-state index is 11.7. The summed E-state index contributed by atoms with van der Waals surface area (Å²) in [5, 5.41) is 21.7. The Morgan fingerprint density at radius 1 is 1.44 bits per heavy atom. The first kappa shape index (κ1) is 17.2. The van der Waals surface area contributed by atoms with E-state index in [0.29, 0.717) is 31.2 Å². The number of anilines is 1. The van der Waals surface area contributed by atoms with Gasteiger partial charge in [0.2, 0.25) is 5.91 Å². The fraction of sp³-hybridized carbons (Fsp3) is 0.412. The molecule has 2 aromatic heterocycles. The Bertz CT molecular complexity index is 753. The van der Waals surface area contributed by atoms with E-state index in [1.54, 1.807) is 24.2 Å². The van der Waals surface area contributed by atoms with E-state index < -0.39 is 6.10 Å². The minimum Gasteiger partial charge on any atom is -0.394 e. The predicted molar refractivity (Wildman–Crippen MR) is 91.6 cm³/mol. The van der Waals surface area contributed by atoms with Gasteiger partial charge in [0.25, 0.3) is 0 Å². The van der Waals surface area contributed by atoms with Gasteiger partial charge in [-0.2, -0.15) is 0 Å². The third-order valence-corrected chi connectivity index (χ3v) is 4.15. The van der Waals surface area contributed by atoms with Gasteiger partial charge in [0.1, 0.15) is 5.82 Å². The average Bonchev–Trinajstić information content (AvgIpc) is 2.65. The molecule has 1 aliphatic heterocycles. The highest BCUT2D eigenvalue weighted by Gasteiger charge is 2.24. The average molecular weight is 343 g/mol. The Hall–Kier alpha value is -2.58. The second-order valence-corrected chi connectivity index (χ2v) is 5.97. The molecule has 1 unspecified atom stereocenters. The van der Waals surface area contributed by atoms with Crippen LogP contribution in [0, 0.1) is 0 Å². The summed E-state index contributed by atoms with van der Waals surface area (Å²) < 4.78 is 0. The normalized spacial score (nSPS) is 14.8. The van der Waals surface area contributed by atoms with E-state index in [0.717, 1.165) is 16.8 Å². The second-order valence-electron chi connectivity index (χ2n) is 5.97. The standard InChI is InChI=1S/C17H21N5O3/c1-11(24)22-6-4-14-15(9-22)20-16(12-3-2-5-18-7-12)21-17(14)19-8-13(25)10-23/h2-3,5,7,13,23,25H,4,6,8-10H2,1H3,(H,19,20,21). The fourth-order valence-corrected chi connectivity index (χ4v) is 2.75. The number of fused-ring (bicyclic) bond motifs is 1. The molecule has 8 heteroatoms. The van der Waals surface area contributed by atoms with Gasteiger partial charge in [-0.3, -0.25) is 9.78 Å². The summed E-state index contributed by atoms with van der Waals surface area (Å²) in [5.41, 5.74) is 2.50. The molecule has 0 saturated carbocycles. The zero-order chi connectivity index (χ0) is 17.8. The molecule has 132 valence electrons. The summed E-state index contributed by atoms with van der Waals surface area (Å²) in [5.74, 6) is 1.15. The zero-order valence-electron chi connectivity index (χ0n) is 14.0. The summed E-state index contributed by atoms with van der Waals surface area (Å²) in [6, 6.07) is 3.68. The Morgan fingerprint density at radius 3 is 2.96 bits per heavy atom. The van der Waals surface area contributed by atoms with Crippen molar-refractivity contribution in [1.82, 2.24) is 19.9 Å². The van der Waals surface area contributed by atoms with Crippen molar-refractivity contribution in [3.05, 3.63) is 35.8 Å². The van der Waals surface area contributed by atoms with Crippen LogP contribution in [0.1, 0.15) is 18.2 Å². The van der Waals surface area contributed by atoms with E-state index in [1.807, 2.05) is 12.1 Å². The molecule has 0 bridgehead atoms. The van der Waals surface area contributed by atoms with E-state index in [-0.39, 0.29) is 19.1 Å². The van der Waals surface area contributed by atoms with E-state index in [2.05, 4.69) is 20.3 Å². The van der Waals surface area contributed by atoms with Gasteiger partial charge in [0.05, 0.1) is 24.9 Å². The van der Waals surface area contributed by atoms with E-state index in [1.165, 1.54) is 0 Å². The minimum atomic E-state index is -0.871. The molecule has 1 aliphatic rings. The van der Waals surface area contributed by atoms with Gasteiger partial charge in [0.15, 0.2) is 5.82 Å². The largest absolute Gasteiger partial charge is 0.394 e. The number of hydrogen-bond donors (Lipinski definition) is 3. The smallest absolute Gasteiger partial charge is 0.219 e. The first-order valence-electron chi connectivity index (χ1n) is 8.17. The van der Waals surface area contributed by atoms with Crippen molar-refractivity contribution >= 4 is 11.7 Å². The molecule has 1 atom stereocenters. The summed E-state index contributed by atoms with van der Waals surface area (Å²) in [6.45, 7) is 2.44. The second kappa shape index (κ2) is 7.54. The van der Waals surface area contributed by atoms with Crippen LogP contribution in [0.2, 0.25) is 0 Å². The molecule has 0 aromatic carbocycles. The van der Waals surface area contributed by atoms with Gasteiger partial charge in [-0.15, -0.1) is 0 Å². The number of nitrogens with zero attached hydrogens (tertiary/aromatic N) is 4. The summed E-state index contributed by atoms with van der Waals surface area (Å²) in [4.78, 5) is 26.7. The van der Waals surface area contributed by atoms with Gasteiger partial charge < -0.3 is 20.4 Å². The molecular formula is C17H21N5O3. The molecule has 0 aliphatic carbocycles. The van der Waals surface area contributed by atoms with Gasteiger partial charge in [-0.05, 0) is 18.6 Å². The maximum absolute atomic E-state index is 11.7. The number of nitrogens with one attached hydrogen (secondary N) is 1. The first-order chi connectivity index (χ1) is 12.1. The number of rotatable bonds is 5. The number of pyridine rings is 1. The van der Waals surface area contributed by atoms with Crippen LogP contribution in [0.3, 0.4) is 0 Å². The Morgan fingerprint density at radius 2 is 2.28 bits per heavy atom. The highest BCUT2D eigenvalue weighted by Crippen LogP contribution is 2.27. The van der Waals surface area contributed by atoms with Crippen molar-refractivity contribution in [1.29, 1.82) is 0 Å². The topological polar surface area (TPSA) is 111 Å². The lowest BCUT2D eigenvalue weighted by molar-refractivity contribution is -0.129. The SMILES string of the molecule is CC(=O)N1CCc2c(nc(-c3cccnc3)nc2NCC(O)CO)C1. The lowest BCUT2D eigenvalue weighted by atomic mass is 10.0. The molecule has 3 heterocycles. The zero-order valence-corrected chi connectivity index (χ0v) is 14.0. The molecule has 0 saturated heterocycles. The highest BCUT2D eigenvalue weighted by molar-refractivity contribution is 5.74. The van der Waals surface area contributed by atoms with Gasteiger partial charge in [0, 0.05) is 43.5 Å². The molecule has 1 amide bonds. The maximum Gasteiger partial charge on any atom is 0.219 e. The molecular weight excluding hydrogens is 322 g/mol. The van der Waals surface area contributed by atoms with Crippen LogP contribution >= 0.6 is 0 Å². The van der Waals surface area contributed by atoms with E-state index in [9.17, 15) is 9.90 Å². The quantitative estimate of drug-likeness (QED) is 0.711. The third kappa shape index (κ3) is 3.92. The molecule has 3 N–H and O–H groups in total. The van der Waals surface area contributed by atoms with Gasteiger partial charge in [-0.25, -0.2) is 9.97 Å². The number of amides is 1. The van der Waals surface area contributed by atoms with Gasteiger partial charge in [-0.1, -0.05) is 0 Å². The van der Waals surface area contributed by atoms with Crippen molar-refractivity contribution in [3.63, 3.8) is 0 Å². The van der Waals surface area contributed by atoms with Crippen LogP contribution in [-0.4, -0.2) is 61.8 Å². The van der Waals surface area contributed by atoms with Crippen LogP contribution in [0.25, 0.3) is 11.4 Å².